The molecule has 1 aromatic carbocycles. The van der Waals surface area contributed by atoms with Gasteiger partial charge in [0.05, 0.1) is 12.6 Å². The van der Waals surface area contributed by atoms with Crippen LogP contribution in [0.2, 0.25) is 0 Å². The van der Waals surface area contributed by atoms with Crippen molar-refractivity contribution in [2.45, 2.75) is 19.4 Å². The molecule has 1 amide bonds. The van der Waals surface area contributed by atoms with Crippen LogP contribution in [0.15, 0.2) is 53.2 Å². The first-order chi connectivity index (χ1) is 13.1. The van der Waals surface area contributed by atoms with E-state index >= 15 is 0 Å². The van der Waals surface area contributed by atoms with Crippen molar-refractivity contribution in [3.63, 3.8) is 0 Å². The van der Waals surface area contributed by atoms with E-state index in [4.69, 9.17) is 0 Å². The van der Waals surface area contributed by atoms with Crippen LogP contribution in [0, 0.1) is 0 Å². The minimum absolute atomic E-state index is 0.0200. The van der Waals surface area contributed by atoms with E-state index in [-0.39, 0.29) is 17.7 Å². The maximum atomic E-state index is 12.7. The smallest absolute Gasteiger partial charge is 0.238 e. The predicted molar refractivity (Wildman–Crippen MR) is 111 cm³/mol. The first-order valence-corrected chi connectivity index (χ1v) is 10.6. The summed E-state index contributed by atoms with van der Waals surface area (Å²) in [6, 6.07) is 13.6. The fraction of sp³-hybridized carbons (Fsp3) is 0.238. The quantitative estimate of drug-likeness (QED) is 0.641. The van der Waals surface area contributed by atoms with Crippen molar-refractivity contribution in [3.05, 3.63) is 74.1 Å². The highest BCUT2D eigenvalue weighted by Gasteiger charge is 2.31. The van der Waals surface area contributed by atoms with Crippen LogP contribution in [0.5, 0.6) is 0 Å². The molecular formula is C21H20N2O2S2. The molecule has 3 aromatic rings. The molecule has 0 bridgehead atoms. The number of fused-ring (bicyclic) bond motifs is 1. The molecule has 1 aliphatic rings. The Labute approximate surface area is 166 Å². The normalized spacial score (nSPS) is 16.7. The molecule has 0 fully saturated rings. The third-order valence-electron chi connectivity index (χ3n) is 4.80. The van der Waals surface area contributed by atoms with Gasteiger partial charge >= 0.3 is 0 Å². The van der Waals surface area contributed by atoms with Crippen LogP contribution in [0.1, 0.15) is 38.6 Å². The standard InChI is InChI=1S/C21H20N2O2S2/c1-14(24)15-4-6-16(7-5-15)22-20(25)13-23-10-8-18-17(9-12-27-18)21(23)19-3-2-11-26-19/h2-7,9,11-12,21H,8,10,13H2,1H3,(H,22,25)/t21-/m1/s1. The molecule has 2 aromatic heterocycles. The van der Waals surface area contributed by atoms with E-state index in [1.165, 1.54) is 22.2 Å². The molecule has 0 saturated carbocycles. The number of hydrogen-bond acceptors (Lipinski definition) is 5. The van der Waals surface area contributed by atoms with Crippen molar-refractivity contribution in [2.75, 3.05) is 18.4 Å². The van der Waals surface area contributed by atoms with Gasteiger partial charge < -0.3 is 5.32 Å². The molecule has 1 atom stereocenters. The molecule has 1 aliphatic heterocycles. The maximum Gasteiger partial charge on any atom is 0.238 e. The lowest BCUT2D eigenvalue weighted by atomic mass is 9.98. The van der Waals surface area contributed by atoms with Crippen LogP contribution in [0.3, 0.4) is 0 Å². The van der Waals surface area contributed by atoms with Gasteiger partial charge in [-0.3, -0.25) is 14.5 Å². The Morgan fingerprint density at radius 3 is 2.63 bits per heavy atom. The molecule has 0 unspecified atom stereocenters. The van der Waals surface area contributed by atoms with Crippen LogP contribution >= 0.6 is 22.7 Å². The third kappa shape index (κ3) is 3.88. The molecule has 1 N–H and O–H groups in total. The van der Waals surface area contributed by atoms with E-state index in [1.54, 1.807) is 46.9 Å². The summed E-state index contributed by atoms with van der Waals surface area (Å²) in [7, 11) is 0. The van der Waals surface area contributed by atoms with Crippen molar-refractivity contribution in [3.8, 4) is 0 Å². The number of anilines is 1. The Bertz CT molecular complexity index is 945. The second-order valence-corrected chi connectivity index (χ2v) is 8.60. The summed E-state index contributed by atoms with van der Waals surface area (Å²) in [6.07, 6.45) is 0.982. The number of thiophene rings is 2. The number of hydrogen-bond donors (Lipinski definition) is 1. The van der Waals surface area contributed by atoms with Gasteiger partial charge in [0.15, 0.2) is 5.78 Å². The number of ketones is 1. The van der Waals surface area contributed by atoms with Crippen LogP contribution in [-0.2, 0) is 11.2 Å². The molecular weight excluding hydrogens is 376 g/mol. The Morgan fingerprint density at radius 1 is 1.11 bits per heavy atom. The number of amides is 1. The zero-order chi connectivity index (χ0) is 18.8. The lowest BCUT2D eigenvalue weighted by molar-refractivity contribution is -0.117. The summed E-state index contributed by atoms with van der Waals surface area (Å²) in [5, 5.41) is 7.19. The fourth-order valence-corrected chi connectivity index (χ4v) is 5.27. The summed E-state index contributed by atoms with van der Waals surface area (Å²) in [5.74, 6) is -0.0163. The van der Waals surface area contributed by atoms with Crippen LogP contribution in [0.25, 0.3) is 0 Å². The highest BCUT2D eigenvalue weighted by Crippen LogP contribution is 2.39. The van der Waals surface area contributed by atoms with Crippen molar-refractivity contribution in [2.24, 2.45) is 0 Å². The number of Topliss-reactive ketones (excluding diaryl/α,β-unsaturated/α-hetero) is 1. The SMILES string of the molecule is CC(=O)c1ccc(NC(=O)CN2CCc3sccc3[C@@H]2c2cccs2)cc1. The zero-order valence-corrected chi connectivity index (χ0v) is 16.6. The first-order valence-electron chi connectivity index (χ1n) is 8.86. The lowest BCUT2D eigenvalue weighted by Gasteiger charge is -2.34. The highest BCUT2D eigenvalue weighted by atomic mass is 32.1. The minimum atomic E-state index is -0.0363. The Hall–Kier alpha value is -2.28. The summed E-state index contributed by atoms with van der Waals surface area (Å²) in [6.45, 7) is 2.74. The molecule has 3 heterocycles. The van der Waals surface area contributed by atoms with Gasteiger partial charge in [-0.05, 0) is 66.1 Å². The number of carbonyl (C=O) groups is 2. The molecule has 0 aliphatic carbocycles. The van der Waals surface area contributed by atoms with Gasteiger partial charge in [-0.2, -0.15) is 0 Å². The van der Waals surface area contributed by atoms with Gasteiger partial charge in [0.2, 0.25) is 5.91 Å². The van der Waals surface area contributed by atoms with E-state index in [1.807, 2.05) is 0 Å². The summed E-state index contributed by atoms with van der Waals surface area (Å²) >= 11 is 3.54. The van der Waals surface area contributed by atoms with Crippen LogP contribution in [0.4, 0.5) is 5.69 Å². The molecule has 4 rings (SSSR count). The zero-order valence-electron chi connectivity index (χ0n) is 15.0. The van der Waals surface area contributed by atoms with Crippen molar-refractivity contribution >= 4 is 40.1 Å². The average molecular weight is 397 g/mol. The Kier molecular flexibility index (Phi) is 5.20. The molecule has 4 nitrogen and oxygen atoms in total. The number of carbonyl (C=O) groups excluding carboxylic acids is 2. The topological polar surface area (TPSA) is 49.4 Å². The van der Waals surface area contributed by atoms with Crippen molar-refractivity contribution in [1.82, 2.24) is 4.90 Å². The number of rotatable bonds is 5. The first kappa shape index (κ1) is 18.1. The van der Waals surface area contributed by atoms with E-state index in [2.05, 4.69) is 39.2 Å². The minimum Gasteiger partial charge on any atom is -0.325 e. The summed E-state index contributed by atoms with van der Waals surface area (Å²) in [5.41, 5.74) is 2.69. The third-order valence-corrected chi connectivity index (χ3v) is 6.72. The van der Waals surface area contributed by atoms with E-state index in [0.717, 1.165) is 13.0 Å². The molecule has 138 valence electrons. The average Bonchev–Trinajstić information content (AvgIpc) is 3.33. The Balaban J connectivity index is 1.49. The number of nitrogens with one attached hydrogen (secondary N) is 1. The van der Waals surface area contributed by atoms with Gasteiger partial charge in [-0.25, -0.2) is 0 Å². The van der Waals surface area contributed by atoms with Crippen molar-refractivity contribution in [1.29, 1.82) is 0 Å². The summed E-state index contributed by atoms with van der Waals surface area (Å²) in [4.78, 5) is 29.0. The fourth-order valence-electron chi connectivity index (χ4n) is 3.49. The van der Waals surface area contributed by atoms with Crippen LogP contribution in [-0.4, -0.2) is 29.7 Å². The Morgan fingerprint density at radius 2 is 1.93 bits per heavy atom. The second kappa shape index (κ2) is 7.76. The molecule has 0 spiro atoms. The predicted octanol–water partition coefficient (Wildman–Crippen LogP) is 4.60. The second-order valence-electron chi connectivity index (χ2n) is 6.62. The number of benzene rings is 1. The summed E-state index contributed by atoms with van der Waals surface area (Å²) < 4.78 is 0. The van der Waals surface area contributed by atoms with Gasteiger partial charge in [0, 0.05) is 27.5 Å². The van der Waals surface area contributed by atoms with E-state index < -0.39 is 0 Å². The molecule has 0 radical (unpaired) electrons. The molecule has 0 saturated heterocycles. The highest BCUT2D eigenvalue weighted by molar-refractivity contribution is 7.10. The van der Waals surface area contributed by atoms with E-state index in [0.29, 0.717) is 17.8 Å². The monoisotopic (exact) mass is 396 g/mol. The molecule has 27 heavy (non-hydrogen) atoms. The van der Waals surface area contributed by atoms with E-state index in [9.17, 15) is 9.59 Å². The van der Waals surface area contributed by atoms with Gasteiger partial charge in [-0.1, -0.05) is 6.07 Å². The lowest BCUT2D eigenvalue weighted by Crippen LogP contribution is -2.40. The van der Waals surface area contributed by atoms with Gasteiger partial charge in [0.1, 0.15) is 0 Å². The van der Waals surface area contributed by atoms with Gasteiger partial charge in [-0.15, -0.1) is 22.7 Å². The maximum absolute atomic E-state index is 12.7. The van der Waals surface area contributed by atoms with Crippen molar-refractivity contribution < 1.29 is 9.59 Å². The van der Waals surface area contributed by atoms with Gasteiger partial charge in [0.25, 0.3) is 0 Å². The number of nitrogens with zero attached hydrogens (tertiary/aromatic N) is 1. The largest absolute Gasteiger partial charge is 0.325 e. The molecule has 6 heteroatoms. The van der Waals surface area contributed by atoms with Crippen LogP contribution < -0.4 is 5.32 Å².